The van der Waals surface area contributed by atoms with E-state index in [1.54, 1.807) is 24.3 Å². The molecule has 0 saturated heterocycles. The fourth-order valence-electron chi connectivity index (χ4n) is 3.37. The minimum atomic E-state index is -1.71. The van der Waals surface area contributed by atoms with Crippen LogP contribution >= 0.6 is 0 Å². The van der Waals surface area contributed by atoms with Gasteiger partial charge >= 0.3 is 5.97 Å². The number of ether oxygens (including phenoxy) is 2. The molecule has 2 heterocycles. The molecule has 9 nitrogen and oxygen atoms in total. The van der Waals surface area contributed by atoms with Gasteiger partial charge in [-0.2, -0.15) is 0 Å². The minimum Gasteiger partial charge on any atom is -0.502 e. The highest BCUT2D eigenvalue weighted by Crippen LogP contribution is 2.38. The van der Waals surface area contributed by atoms with Gasteiger partial charge in [0.2, 0.25) is 18.0 Å². The summed E-state index contributed by atoms with van der Waals surface area (Å²) in [6.45, 7) is 0.0906. The Kier molecular flexibility index (Phi) is 4.98. The van der Waals surface area contributed by atoms with E-state index in [1.165, 1.54) is 36.4 Å². The molecule has 1 aliphatic rings. The zero-order valence-electron chi connectivity index (χ0n) is 16.7. The van der Waals surface area contributed by atoms with Crippen LogP contribution < -0.4 is 19.6 Å². The molecule has 4 aromatic rings. The first-order valence-corrected chi connectivity index (χ1v) is 10.8. The number of aromatic carboxylic acids is 1. The van der Waals surface area contributed by atoms with Crippen LogP contribution in [0.25, 0.3) is 22.3 Å². The van der Waals surface area contributed by atoms with Crippen LogP contribution in [0.3, 0.4) is 0 Å². The molecule has 1 unspecified atom stereocenters. The minimum absolute atomic E-state index is 0.00592. The van der Waals surface area contributed by atoms with E-state index in [1.807, 2.05) is 0 Å². The third-order valence-electron chi connectivity index (χ3n) is 5.03. The number of carboxylic acids is 1. The van der Waals surface area contributed by atoms with E-state index >= 15 is 0 Å². The van der Waals surface area contributed by atoms with Gasteiger partial charge in [0.05, 0.1) is 15.8 Å². The Balaban J connectivity index is 1.46. The number of benzene rings is 3. The van der Waals surface area contributed by atoms with Gasteiger partial charge in [0.1, 0.15) is 16.6 Å². The molecule has 1 atom stereocenters. The number of carbonyl (C=O) groups is 1. The lowest BCUT2D eigenvalue weighted by Gasteiger charge is -2.09. The zero-order chi connectivity index (χ0) is 23.1. The molecular formula is C23H15NO8S. The Morgan fingerprint density at radius 1 is 0.970 bits per heavy atom. The predicted molar refractivity (Wildman–Crippen MR) is 119 cm³/mol. The van der Waals surface area contributed by atoms with Crippen molar-refractivity contribution in [1.29, 1.82) is 0 Å². The van der Waals surface area contributed by atoms with E-state index in [4.69, 9.17) is 19.0 Å². The normalized spacial score (nSPS) is 13.1. The number of hydrogen-bond acceptors (Lipinski definition) is 7. The molecule has 3 aromatic carbocycles. The predicted octanol–water partition coefficient (Wildman–Crippen LogP) is 3.73. The molecule has 1 aromatic heterocycles. The lowest BCUT2D eigenvalue weighted by atomic mass is 10.1. The summed E-state index contributed by atoms with van der Waals surface area (Å²) in [5.41, 5.74) is 0.458. The average Bonchev–Trinajstić information content (AvgIpc) is 3.29. The van der Waals surface area contributed by atoms with Crippen molar-refractivity contribution in [2.24, 2.45) is 0 Å². The Bertz CT molecular complexity index is 1490. The second kappa shape index (κ2) is 7.99. The average molecular weight is 465 g/mol. The van der Waals surface area contributed by atoms with Gasteiger partial charge < -0.3 is 28.8 Å². The maximum atomic E-state index is 12.8. The molecule has 0 amide bonds. The highest BCUT2D eigenvalue weighted by atomic mass is 32.2. The first-order chi connectivity index (χ1) is 15.9. The zero-order valence-corrected chi connectivity index (χ0v) is 17.5. The quantitative estimate of drug-likeness (QED) is 0.406. The molecule has 0 aliphatic carbocycles. The molecule has 0 spiro atoms. The van der Waals surface area contributed by atoms with Gasteiger partial charge in [-0.1, -0.05) is 0 Å². The molecule has 0 bridgehead atoms. The van der Waals surface area contributed by atoms with Crippen LogP contribution in [-0.2, 0) is 11.0 Å². The Labute approximate surface area is 188 Å². The summed E-state index contributed by atoms with van der Waals surface area (Å²) in [6.07, 6.45) is 0. The largest absolute Gasteiger partial charge is 0.502 e. The maximum Gasteiger partial charge on any atom is 0.335 e. The molecule has 3 N–H and O–H groups in total. The van der Waals surface area contributed by atoms with Gasteiger partial charge in [-0.05, 0) is 60.7 Å². The Morgan fingerprint density at radius 2 is 1.73 bits per heavy atom. The Morgan fingerprint density at radius 3 is 2.48 bits per heavy atom. The topological polar surface area (TPSA) is 135 Å². The third kappa shape index (κ3) is 3.76. The number of aromatic hydroxyl groups is 1. The summed E-state index contributed by atoms with van der Waals surface area (Å²) in [4.78, 5) is 24.2. The summed E-state index contributed by atoms with van der Waals surface area (Å²) in [7, 11) is -1.71. The van der Waals surface area contributed by atoms with Gasteiger partial charge in [-0.15, -0.1) is 0 Å². The van der Waals surface area contributed by atoms with Crippen molar-refractivity contribution >= 4 is 33.6 Å². The van der Waals surface area contributed by atoms with Gasteiger partial charge in [-0.3, -0.25) is 4.79 Å². The van der Waals surface area contributed by atoms with Crippen LogP contribution in [0.1, 0.15) is 10.4 Å². The SMILES string of the molecule is O=C(O)c1ccc(S(=O)Nc2ccc3oc(-c4ccc5c(c4)OCO5)c(O)c(=O)c3c2)cc1. The fraction of sp³-hybridized carbons (Fsp3) is 0.0435. The van der Waals surface area contributed by atoms with E-state index in [-0.39, 0.29) is 29.1 Å². The highest BCUT2D eigenvalue weighted by molar-refractivity contribution is 7.86. The van der Waals surface area contributed by atoms with Gasteiger partial charge in [0, 0.05) is 11.3 Å². The van der Waals surface area contributed by atoms with Gasteiger partial charge in [-0.25, -0.2) is 9.00 Å². The van der Waals surface area contributed by atoms with Crippen molar-refractivity contribution in [3.8, 4) is 28.6 Å². The molecule has 1 aliphatic heterocycles. The lowest BCUT2D eigenvalue weighted by molar-refractivity contribution is 0.0696. The van der Waals surface area contributed by atoms with E-state index in [9.17, 15) is 18.9 Å². The highest BCUT2D eigenvalue weighted by Gasteiger charge is 2.20. The van der Waals surface area contributed by atoms with E-state index in [2.05, 4.69) is 4.72 Å². The monoisotopic (exact) mass is 465 g/mol. The number of nitrogens with one attached hydrogen (secondary N) is 1. The van der Waals surface area contributed by atoms with Crippen LogP contribution in [0, 0.1) is 0 Å². The summed E-state index contributed by atoms with van der Waals surface area (Å²) in [6, 6.07) is 15.0. The molecule has 5 rings (SSSR count). The van der Waals surface area contributed by atoms with Crippen LogP contribution in [0.15, 0.2) is 74.8 Å². The molecule has 10 heteroatoms. The first-order valence-electron chi connectivity index (χ1n) is 9.62. The summed E-state index contributed by atoms with van der Waals surface area (Å²) in [5.74, 6) is -0.616. The summed E-state index contributed by atoms with van der Waals surface area (Å²) >= 11 is 0. The molecule has 0 saturated carbocycles. The molecule has 0 radical (unpaired) electrons. The van der Waals surface area contributed by atoms with Crippen molar-refractivity contribution < 1.29 is 33.1 Å². The number of rotatable bonds is 5. The van der Waals surface area contributed by atoms with Crippen molar-refractivity contribution in [2.75, 3.05) is 11.5 Å². The van der Waals surface area contributed by atoms with Crippen LogP contribution in [0.5, 0.6) is 17.2 Å². The molecular weight excluding hydrogens is 450 g/mol. The van der Waals surface area contributed by atoms with Gasteiger partial charge in [0.15, 0.2) is 17.3 Å². The van der Waals surface area contributed by atoms with Crippen molar-refractivity contribution in [2.45, 2.75) is 4.90 Å². The van der Waals surface area contributed by atoms with Crippen LogP contribution in [-0.4, -0.2) is 27.2 Å². The lowest BCUT2D eigenvalue weighted by Crippen LogP contribution is -2.07. The fourth-order valence-corrected chi connectivity index (χ4v) is 4.21. The van der Waals surface area contributed by atoms with Gasteiger partial charge in [0.25, 0.3) is 0 Å². The maximum absolute atomic E-state index is 12.8. The molecule has 166 valence electrons. The number of fused-ring (bicyclic) bond motifs is 2. The molecule has 0 fully saturated rings. The second-order valence-electron chi connectivity index (χ2n) is 7.09. The standard InChI is InChI=1S/C23H15NO8S/c25-20-16-10-14(24-33(29)15-5-1-12(2-6-15)23(27)28)4-8-17(16)32-22(21(20)26)13-3-7-18-19(9-13)31-11-30-18/h1-10,24,26H,11H2,(H,27,28). The number of hydrogen-bond donors (Lipinski definition) is 3. The number of carboxylic acid groups (broad SMARTS) is 1. The van der Waals surface area contributed by atoms with E-state index < -0.39 is 28.1 Å². The van der Waals surface area contributed by atoms with E-state index in [0.717, 1.165) is 0 Å². The van der Waals surface area contributed by atoms with Crippen LogP contribution in [0.2, 0.25) is 0 Å². The van der Waals surface area contributed by atoms with E-state index in [0.29, 0.717) is 27.6 Å². The summed E-state index contributed by atoms with van der Waals surface area (Å²) < 4.78 is 31.7. The van der Waals surface area contributed by atoms with Crippen molar-refractivity contribution in [3.05, 3.63) is 76.5 Å². The van der Waals surface area contributed by atoms with Crippen molar-refractivity contribution in [3.63, 3.8) is 0 Å². The first kappa shape index (κ1) is 20.6. The van der Waals surface area contributed by atoms with Crippen LogP contribution in [0.4, 0.5) is 5.69 Å². The van der Waals surface area contributed by atoms with Crippen molar-refractivity contribution in [1.82, 2.24) is 0 Å². The smallest absolute Gasteiger partial charge is 0.335 e. The number of anilines is 1. The Hall–Kier alpha value is -4.31. The third-order valence-corrected chi connectivity index (χ3v) is 6.15. The second-order valence-corrected chi connectivity index (χ2v) is 8.30. The summed E-state index contributed by atoms with van der Waals surface area (Å²) in [5, 5.41) is 19.6. The molecule has 33 heavy (non-hydrogen) atoms.